The van der Waals surface area contributed by atoms with Gasteiger partial charge >= 0.3 is 5.97 Å². The van der Waals surface area contributed by atoms with Crippen molar-refractivity contribution in [2.45, 2.75) is 0 Å². The first-order chi connectivity index (χ1) is 10.1. The molecular formula is C17H8O4. The molecule has 0 atom stereocenters. The van der Waals surface area contributed by atoms with Crippen LogP contribution in [0.2, 0.25) is 0 Å². The van der Waals surface area contributed by atoms with Crippen molar-refractivity contribution in [2.24, 2.45) is 0 Å². The number of carbonyl (C=O) groups is 3. The third kappa shape index (κ3) is 1.59. The highest BCUT2D eigenvalue weighted by atomic mass is 16.5. The van der Waals surface area contributed by atoms with Gasteiger partial charge in [0.25, 0.3) is 0 Å². The second kappa shape index (κ2) is 3.99. The van der Waals surface area contributed by atoms with Gasteiger partial charge in [-0.25, -0.2) is 4.79 Å². The lowest BCUT2D eigenvalue weighted by atomic mass is 9.89. The SMILES string of the molecule is O=C1C=Cc2cccc3cc4c(c(c23)O1)C(=O)C=CC4=O. The molecule has 4 nitrogen and oxygen atoms in total. The van der Waals surface area contributed by atoms with E-state index in [9.17, 15) is 14.4 Å². The fourth-order valence-electron chi connectivity index (χ4n) is 2.74. The number of carbonyl (C=O) groups excluding carboxylic acids is 3. The number of ketones is 2. The van der Waals surface area contributed by atoms with E-state index < -0.39 is 5.97 Å². The molecule has 0 unspecified atom stereocenters. The van der Waals surface area contributed by atoms with Crippen LogP contribution in [0.3, 0.4) is 0 Å². The van der Waals surface area contributed by atoms with E-state index in [2.05, 4.69) is 0 Å². The zero-order valence-corrected chi connectivity index (χ0v) is 10.8. The Labute approximate surface area is 119 Å². The van der Waals surface area contributed by atoms with Gasteiger partial charge in [0, 0.05) is 17.0 Å². The van der Waals surface area contributed by atoms with Crippen molar-refractivity contribution in [2.75, 3.05) is 0 Å². The van der Waals surface area contributed by atoms with E-state index in [-0.39, 0.29) is 28.4 Å². The maximum atomic E-state index is 12.2. The van der Waals surface area contributed by atoms with E-state index in [4.69, 9.17) is 4.74 Å². The highest BCUT2D eigenvalue weighted by molar-refractivity contribution is 6.26. The minimum atomic E-state index is -0.560. The number of fused-ring (bicyclic) bond motifs is 2. The number of ether oxygens (including phenoxy) is 1. The zero-order valence-electron chi connectivity index (χ0n) is 10.8. The molecule has 21 heavy (non-hydrogen) atoms. The quantitative estimate of drug-likeness (QED) is 0.548. The first kappa shape index (κ1) is 11.8. The summed E-state index contributed by atoms with van der Waals surface area (Å²) in [5.41, 5.74) is 1.22. The standard InChI is InChI=1S/C17H8O4/c18-12-5-6-13(19)16-11(12)8-10-3-1-2-9-4-7-14(20)21-17(16)15(9)10/h1-8H. The van der Waals surface area contributed by atoms with Gasteiger partial charge in [-0.05, 0) is 35.2 Å². The Kier molecular flexibility index (Phi) is 2.24. The molecule has 2 aromatic rings. The summed E-state index contributed by atoms with van der Waals surface area (Å²) in [5.74, 6) is -0.973. The van der Waals surface area contributed by atoms with Crippen LogP contribution in [-0.4, -0.2) is 17.5 Å². The lowest BCUT2D eigenvalue weighted by molar-refractivity contribution is -0.128. The smallest absolute Gasteiger partial charge is 0.336 e. The average Bonchev–Trinajstić information content (AvgIpc) is 2.64. The summed E-state index contributed by atoms with van der Waals surface area (Å²) in [5, 5.41) is 1.44. The molecule has 0 N–H and O–H groups in total. The predicted octanol–water partition coefficient (Wildman–Crippen LogP) is 2.71. The molecular weight excluding hydrogens is 268 g/mol. The topological polar surface area (TPSA) is 60.4 Å². The van der Waals surface area contributed by atoms with Gasteiger partial charge < -0.3 is 4.74 Å². The molecule has 1 aliphatic heterocycles. The number of hydrogen-bond donors (Lipinski definition) is 0. The summed E-state index contributed by atoms with van der Waals surface area (Å²) in [4.78, 5) is 35.9. The van der Waals surface area contributed by atoms with Gasteiger partial charge in [0.05, 0.1) is 5.56 Å². The second-order valence-corrected chi connectivity index (χ2v) is 4.89. The normalized spacial score (nSPS) is 15.9. The Morgan fingerprint density at radius 3 is 2.52 bits per heavy atom. The predicted molar refractivity (Wildman–Crippen MR) is 76.4 cm³/mol. The lowest BCUT2D eigenvalue weighted by Crippen LogP contribution is -2.15. The summed E-state index contributed by atoms with van der Waals surface area (Å²) >= 11 is 0. The molecule has 4 heteroatoms. The highest BCUT2D eigenvalue weighted by Crippen LogP contribution is 2.39. The third-order valence-electron chi connectivity index (χ3n) is 3.65. The Hall–Kier alpha value is -3.01. The highest BCUT2D eigenvalue weighted by Gasteiger charge is 2.28. The van der Waals surface area contributed by atoms with Crippen LogP contribution in [0.25, 0.3) is 16.8 Å². The van der Waals surface area contributed by atoms with Gasteiger partial charge in [0.1, 0.15) is 0 Å². The number of rotatable bonds is 0. The average molecular weight is 276 g/mol. The van der Waals surface area contributed by atoms with Crippen LogP contribution in [-0.2, 0) is 4.79 Å². The van der Waals surface area contributed by atoms with Crippen molar-refractivity contribution < 1.29 is 19.1 Å². The summed E-state index contributed by atoms with van der Waals surface area (Å²) in [6.07, 6.45) is 5.41. The molecule has 1 heterocycles. The summed E-state index contributed by atoms with van der Waals surface area (Å²) < 4.78 is 5.31. The van der Waals surface area contributed by atoms with Gasteiger partial charge in [-0.1, -0.05) is 18.2 Å². The van der Waals surface area contributed by atoms with Crippen molar-refractivity contribution in [1.82, 2.24) is 0 Å². The molecule has 0 saturated heterocycles. The lowest BCUT2D eigenvalue weighted by Gasteiger charge is -2.16. The van der Waals surface area contributed by atoms with E-state index in [0.29, 0.717) is 5.39 Å². The molecule has 0 amide bonds. The van der Waals surface area contributed by atoms with Crippen LogP contribution < -0.4 is 4.74 Å². The van der Waals surface area contributed by atoms with Crippen molar-refractivity contribution in [3.8, 4) is 5.75 Å². The largest absolute Gasteiger partial charge is 0.422 e. The third-order valence-corrected chi connectivity index (χ3v) is 3.65. The molecule has 0 fully saturated rings. The van der Waals surface area contributed by atoms with Crippen LogP contribution in [0.4, 0.5) is 0 Å². The molecule has 2 aromatic carbocycles. The van der Waals surface area contributed by atoms with Crippen molar-refractivity contribution in [3.05, 3.63) is 59.2 Å². The molecule has 0 saturated carbocycles. The van der Waals surface area contributed by atoms with Gasteiger partial charge in [-0.2, -0.15) is 0 Å². The number of allylic oxidation sites excluding steroid dienone is 2. The van der Waals surface area contributed by atoms with E-state index in [1.165, 1.54) is 18.2 Å². The molecule has 0 radical (unpaired) electrons. The minimum absolute atomic E-state index is 0.166. The van der Waals surface area contributed by atoms with Crippen LogP contribution >= 0.6 is 0 Å². The van der Waals surface area contributed by atoms with Gasteiger partial charge in [0.15, 0.2) is 17.3 Å². The van der Waals surface area contributed by atoms with Gasteiger partial charge in [-0.3, -0.25) is 9.59 Å². The van der Waals surface area contributed by atoms with Crippen molar-refractivity contribution >= 4 is 34.4 Å². The van der Waals surface area contributed by atoms with E-state index in [1.807, 2.05) is 18.2 Å². The zero-order chi connectivity index (χ0) is 14.6. The molecule has 2 aliphatic rings. The Balaban J connectivity index is 2.22. The second-order valence-electron chi connectivity index (χ2n) is 4.89. The summed E-state index contributed by atoms with van der Waals surface area (Å²) in [6.45, 7) is 0. The van der Waals surface area contributed by atoms with Crippen LogP contribution in [0.15, 0.2) is 42.5 Å². The first-order valence-electron chi connectivity index (χ1n) is 6.41. The fourth-order valence-corrected chi connectivity index (χ4v) is 2.74. The summed E-state index contributed by atoms with van der Waals surface area (Å²) in [6, 6.07) is 7.17. The van der Waals surface area contributed by atoms with E-state index in [1.54, 1.807) is 12.1 Å². The number of benzene rings is 2. The van der Waals surface area contributed by atoms with Crippen molar-refractivity contribution in [3.63, 3.8) is 0 Å². The van der Waals surface area contributed by atoms with E-state index >= 15 is 0 Å². The van der Waals surface area contributed by atoms with Gasteiger partial charge in [-0.15, -0.1) is 0 Å². The number of hydrogen-bond acceptors (Lipinski definition) is 4. The fraction of sp³-hybridized carbons (Fsp3) is 0. The summed E-state index contributed by atoms with van der Waals surface area (Å²) in [7, 11) is 0. The van der Waals surface area contributed by atoms with Crippen LogP contribution in [0.1, 0.15) is 26.3 Å². The Morgan fingerprint density at radius 1 is 0.857 bits per heavy atom. The molecule has 0 aromatic heterocycles. The Morgan fingerprint density at radius 2 is 1.67 bits per heavy atom. The van der Waals surface area contributed by atoms with E-state index in [0.717, 1.165) is 10.9 Å². The molecule has 4 rings (SSSR count). The monoisotopic (exact) mass is 276 g/mol. The van der Waals surface area contributed by atoms with Crippen LogP contribution in [0.5, 0.6) is 5.75 Å². The molecule has 0 bridgehead atoms. The maximum absolute atomic E-state index is 12.2. The Bertz CT molecular complexity index is 916. The van der Waals surface area contributed by atoms with Gasteiger partial charge in [0.2, 0.25) is 0 Å². The maximum Gasteiger partial charge on any atom is 0.336 e. The number of esters is 1. The minimum Gasteiger partial charge on any atom is -0.422 e. The molecule has 0 spiro atoms. The molecule has 1 aliphatic carbocycles. The molecule has 100 valence electrons. The van der Waals surface area contributed by atoms with Crippen molar-refractivity contribution in [1.29, 1.82) is 0 Å². The first-order valence-corrected chi connectivity index (χ1v) is 6.41. The van der Waals surface area contributed by atoms with Crippen LogP contribution in [0, 0.1) is 0 Å².